The number of carbonyl (C=O) groups excluding carboxylic acids is 1. The van der Waals surface area contributed by atoms with E-state index in [1.54, 1.807) is 12.0 Å². The molecule has 0 aromatic carbocycles. The third kappa shape index (κ3) is 2.96. The maximum absolute atomic E-state index is 12.5. The molecule has 2 fully saturated rings. The lowest BCUT2D eigenvalue weighted by Gasteiger charge is -2.34. The zero-order chi connectivity index (χ0) is 14.7. The SMILES string of the molecule is COCCC(N)C(=O)N1C(C(=O)O)CC2CCCCC21. The number of likely N-dealkylation sites (tertiary alicyclic amines) is 1. The number of nitrogens with two attached hydrogens (primary N) is 1. The smallest absolute Gasteiger partial charge is 0.326 e. The van der Waals surface area contributed by atoms with Crippen LogP contribution < -0.4 is 5.73 Å². The van der Waals surface area contributed by atoms with Crippen molar-refractivity contribution >= 4 is 11.9 Å². The summed E-state index contributed by atoms with van der Waals surface area (Å²) in [4.78, 5) is 25.5. The van der Waals surface area contributed by atoms with Crippen LogP contribution in [0.5, 0.6) is 0 Å². The predicted molar refractivity (Wildman–Crippen MR) is 73.1 cm³/mol. The Morgan fingerprint density at radius 2 is 2.10 bits per heavy atom. The Morgan fingerprint density at radius 3 is 2.75 bits per heavy atom. The van der Waals surface area contributed by atoms with Gasteiger partial charge in [-0.05, 0) is 31.6 Å². The normalized spacial score (nSPS) is 30.9. The van der Waals surface area contributed by atoms with Crippen LogP contribution in [0, 0.1) is 5.92 Å². The number of methoxy groups -OCH3 is 1. The first kappa shape index (κ1) is 15.3. The molecule has 0 aromatic rings. The van der Waals surface area contributed by atoms with E-state index in [1.807, 2.05) is 0 Å². The van der Waals surface area contributed by atoms with Crippen LogP contribution in [0.4, 0.5) is 0 Å². The first-order valence-electron chi connectivity index (χ1n) is 7.35. The number of carbonyl (C=O) groups is 2. The number of fused-ring (bicyclic) bond motifs is 1. The molecule has 4 atom stereocenters. The molecule has 1 aliphatic heterocycles. The van der Waals surface area contributed by atoms with Gasteiger partial charge >= 0.3 is 5.97 Å². The summed E-state index contributed by atoms with van der Waals surface area (Å²) >= 11 is 0. The van der Waals surface area contributed by atoms with Crippen LogP contribution in [0.3, 0.4) is 0 Å². The van der Waals surface area contributed by atoms with Crippen molar-refractivity contribution in [3.05, 3.63) is 0 Å². The number of amides is 1. The Hall–Kier alpha value is -1.14. The number of carboxylic acid groups (broad SMARTS) is 1. The second kappa shape index (κ2) is 6.54. The van der Waals surface area contributed by atoms with E-state index in [4.69, 9.17) is 10.5 Å². The van der Waals surface area contributed by atoms with E-state index < -0.39 is 18.1 Å². The van der Waals surface area contributed by atoms with Gasteiger partial charge in [0.2, 0.25) is 5.91 Å². The van der Waals surface area contributed by atoms with Crippen LogP contribution >= 0.6 is 0 Å². The lowest BCUT2D eigenvalue weighted by atomic mass is 9.84. The minimum Gasteiger partial charge on any atom is -0.480 e. The van der Waals surface area contributed by atoms with Crippen molar-refractivity contribution in [1.29, 1.82) is 0 Å². The molecule has 0 spiro atoms. The molecule has 1 saturated carbocycles. The molecule has 6 nitrogen and oxygen atoms in total. The standard InChI is InChI=1S/C14H24N2O4/c1-20-7-6-10(15)13(17)16-11-5-3-2-4-9(11)8-12(16)14(18)19/h9-12H,2-8,15H2,1H3,(H,18,19). The molecule has 1 saturated heterocycles. The van der Waals surface area contributed by atoms with E-state index in [1.165, 1.54) is 0 Å². The van der Waals surface area contributed by atoms with E-state index in [9.17, 15) is 14.7 Å². The lowest BCUT2D eigenvalue weighted by molar-refractivity contribution is -0.150. The molecule has 20 heavy (non-hydrogen) atoms. The summed E-state index contributed by atoms with van der Waals surface area (Å²) in [6.07, 6.45) is 5.11. The largest absolute Gasteiger partial charge is 0.480 e. The second-order valence-corrected chi connectivity index (χ2v) is 5.84. The van der Waals surface area contributed by atoms with Gasteiger partial charge in [0.25, 0.3) is 0 Å². The van der Waals surface area contributed by atoms with Gasteiger partial charge in [-0.2, -0.15) is 0 Å². The zero-order valence-electron chi connectivity index (χ0n) is 12.0. The molecule has 1 amide bonds. The fourth-order valence-corrected chi connectivity index (χ4v) is 3.56. The summed E-state index contributed by atoms with van der Waals surface area (Å²) in [7, 11) is 1.56. The van der Waals surface area contributed by atoms with Crippen LogP contribution in [-0.4, -0.2) is 53.7 Å². The first-order valence-corrected chi connectivity index (χ1v) is 7.35. The van der Waals surface area contributed by atoms with Crippen molar-refractivity contribution in [1.82, 2.24) is 4.90 Å². The number of aliphatic carboxylic acids is 1. The Kier molecular flexibility index (Phi) is 4.99. The third-order valence-corrected chi connectivity index (χ3v) is 4.58. The number of carboxylic acids is 1. The number of nitrogens with zero attached hydrogens (tertiary/aromatic N) is 1. The van der Waals surface area contributed by atoms with E-state index in [0.29, 0.717) is 25.4 Å². The van der Waals surface area contributed by atoms with Gasteiger partial charge in [-0.25, -0.2) is 4.79 Å². The van der Waals surface area contributed by atoms with Gasteiger partial charge in [-0.1, -0.05) is 12.8 Å². The summed E-state index contributed by atoms with van der Waals surface area (Å²) in [5.74, 6) is -0.820. The van der Waals surface area contributed by atoms with Crippen molar-refractivity contribution in [3.63, 3.8) is 0 Å². The van der Waals surface area contributed by atoms with Gasteiger partial charge in [-0.3, -0.25) is 4.79 Å². The quantitative estimate of drug-likeness (QED) is 0.771. The van der Waals surface area contributed by atoms with Crippen LogP contribution in [0.15, 0.2) is 0 Å². The van der Waals surface area contributed by atoms with E-state index >= 15 is 0 Å². The monoisotopic (exact) mass is 284 g/mol. The molecular weight excluding hydrogens is 260 g/mol. The Balaban J connectivity index is 2.12. The van der Waals surface area contributed by atoms with Gasteiger partial charge in [-0.15, -0.1) is 0 Å². The number of ether oxygens (including phenoxy) is 1. The fourth-order valence-electron chi connectivity index (χ4n) is 3.56. The van der Waals surface area contributed by atoms with Crippen molar-refractivity contribution in [2.45, 2.75) is 56.7 Å². The highest BCUT2D eigenvalue weighted by Crippen LogP contribution is 2.40. The Morgan fingerprint density at radius 1 is 1.40 bits per heavy atom. The fraction of sp³-hybridized carbons (Fsp3) is 0.857. The molecule has 3 N–H and O–H groups in total. The van der Waals surface area contributed by atoms with Crippen LogP contribution in [0.2, 0.25) is 0 Å². The van der Waals surface area contributed by atoms with Crippen molar-refractivity contribution in [3.8, 4) is 0 Å². The minimum absolute atomic E-state index is 0.0611. The van der Waals surface area contributed by atoms with Gasteiger partial charge < -0.3 is 20.5 Å². The molecule has 0 aromatic heterocycles. The number of rotatable bonds is 5. The van der Waals surface area contributed by atoms with Crippen molar-refractivity contribution < 1.29 is 19.4 Å². The molecule has 0 bridgehead atoms. The Bertz CT molecular complexity index is 374. The average molecular weight is 284 g/mol. The summed E-state index contributed by atoms with van der Waals surface area (Å²) in [5, 5.41) is 9.38. The minimum atomic E-state index is -0.910. The molecule has 2 rings (SSSR count). The average Bonchev–Trinajstić information content (AvgIpc) is 2.83. The maximum Gasteiger partial charge on any atom is 0.326 e. The highest BCUT2D eigenvalue weighted by atomic mass is 16.5. The summed E-state index contributed by atoms with van der Waals surface area (Å²) < 4.78 is 4.94. The van der Waals surface area contributed by atoms with Gasteiger partial charge in [0.1, 0.15) is 6.04 Å². The molecule has 1 heterocycles. The predicted octanol–water partition coefficient (Wildman–Crippen LogP) is 0.595. The summed E-state index contributed by atoms with van der Waals surface area (Å²) in [5.41, 5.74) is 5.90. The van der Waals surface area contributed by atoms with Crippen molar-refractivity contribution in [2.24, 2.45) is 11.7 Å². The second-order valence-electron chi connectivity index (χ2n) is 5.84. The number of hydrogen-bond acceptors (Lipinski definition) is 4. The highest BCUT2D eigenvalue weighted by Gasteiger charge is 2.48. The number of hydrogen-bond donors (Lipinski definition) is 2. The zero-order valence-corrected chi connectivity index (χ0v) is 12.0. The molecule has 1 aliphatic carbocycles. The molecule has 2 aliphatic rings. The van der Waals surface area contributed by atoms with Crippen molar-refractivity contribution in [2.75, 3.05) is 13.7 Å². The highest BCUT2D eigenvalue weighted by molar-refractivity contribution is 5.88. The van der Waals surface area contributed by atoms with Crippen LogP contribution in [0.1, 0.15) is 38.5 Å². The van der Waals surface area contributed by atoms with Gasteiger partial charge in [0.15, 0.2) is 0 Å². The van der Waals surface area contributed by atoms with E-state index in [2.05, 4.69) is 0 Å². The molecule has 114 valence electrons. The summed E-state index contributed by atoms with van der Waals surface area (Å²) in [6, 6.07) is -1.31. The molecule has 6 heteroatoms. The van der Waals surface area contributed by atoms with Gasteiger partial charge in [0, 0.05) is 19.8 Å². The van der Waals surface area contributed by atoms with Gasteiger partial charge in [0.05, 0.1) is 6.04 Å². The molecule has 0 radical (unpaired) electrons. The maximum atomic E-state index is 12.5. The van der Waals surface area contributed by atoms with E-state index in [-0.39, 0.29) is 11.9 Å². The van der Waals surface area contributed by atoms with Crippen LogP contribution in [-0.2, 0) is 14.3 Å². The third-order valence-electron chi connectivity index (χ3n) is 4.58. The lowest BCUT2D eigenvalue weighted by Crippen LogP contribution is -2.52. The molecular formula is C14H24N2O4. The van der Waals surface area contributed by atoms with Crippen LogP contribution in [0.25, 0.3) is 0 Å². The Labute approximate surface area is 119 Å². The summed E-state index contributed by atoms with van der Waals surface area (Å²) in [6.45, 7) is 0.409. The first-order chi connectivity index (χ1) is 9.56. The topological polar surface area (TPSA) is 92.9 Å². The molecule has 4 unspecified atom stereocenters. The van der Waals surface area contributed by atoms with E-state index in [0.717, 1.165) is 25.7 Å².